The van der Waals surface area contributed by atoms with Crippen LogP contribution in [-0.4, -0.2) is 21.8 Å². The molecule has 0 atom stereocenters. The number of rotatable bonds is 5. The van der Waals surface area contributed by atoms with Crippen molar-refractivity contribution in [2.75, 3.05) is 5.75 Å². The normalized spacial score (nSPS) is 10.1. The van der Waals surface area contributed by atoms with Gasteiger partial charge in [-0.1, -0.05) is 12.1 Å². The number of aliphatic carboxylic acids is 1. The summed E-state index contributed by atoms with van der Waals surface area (Å²) in [6.45, 7) is 0. The van der Waals surface area contributed by atoms with Crippen molar-refractivity contribution in [2.24, 2.45) is 0 Å². The maximum absolute atomic E-state index is 10.6. The third kappa shape index (κ3) is 3.49. The van der Waals surface area contributed by atoms with Gasteiger partial charge in [0.05, 0.1) is 15.1 Å². The molecule has 0 unspecified atom stereocenters. The highest BCUT2D eigenvalue weighted by atomic mass is 79.9. The van der Waals surface area contributed by atoms with E-state index in [1.54, 1.807) is 12.1 Å². The predicted molar refractivity (Wildman–Crippen MR) is 64.6 cm³/mol. The number of carbonyl (C=O) groups is 1. The fourth-order valence-electron chi connectivity index (χ4n) is 1.07. The summed E-state index contributed by atoms with van der Waals surface area (Å²) in [5.41, 5.74) is 0.717. The molecule has 0 aliphatic rings. The lowest BCUT2D eigenvalue weighted by Gasteiger charge is -2.03. The first-order valence-electron chi connectivity index (χ1n) is 4.23. The van der Waals surface area contributed by atoms with E-state index in [1.165, 1.54) is 17.8 Å². The van der Waals surface area contributed by atoms with Gasteiger partial charge in [-0.2, -0.15) is 0 Å². The van der Waals surface area contributed by atoms with Gasteiger partial charge in [0.1, 0.15) is 0 Å². The minimum atomic E-state index is -0.897. The summed E-state index contributed by atoms with van der Waals surface area (Å²) < 4.78 is 0.415. The quantitative estimate of drug-likeness (QED) is 0.668. The minimum absolute atomic E-state index is 0.00609. The third-order valence-electron chi connectivity index (χ3n) is 1.74. The molecule has 16 heavy (non-hydrogen) atoms. The molecule has 1 N–H and O–H groups in total. The Morgan fingerprint density at radius 2 is 2.25 bits per heavy atom. The van der Waals surface area contributed by atoms with E-state index in [2.05, 4.69) is 15.9 Å². The van der Waals surface area contributed by atoms with Crippen LogP contribution in [0.1, 0.15) is 5.56 Å². The second-order valence-electron chi connectivity index (χ2n) is 2.89. The van der Waals surface area contributed by atoms with Crippen molar-refractivity contribution in [1.29, 1.82) is 0 Å². The topological polar surface area (TPSA) is 80.4 Å². The first kappa shape index (κ1) is 13.0. The monoisotopic (exact) mass is 305 g/mol. The van der Waals surface area contributed by atoms with Crippen LogP contribution in [-0.2, 0) is 10.5 Å². The molecule has 1 rings (SSSR count). The van der Waals surface area contributed by atoms with E-state index in [-0.39, 0.29) is 11.4 Å². The molecule has 5 nitrogen and oxygen atoms in total. The van der Waals surface area contributed by atoms with E-state index in [9.17, 15) is 14.9 Å². The number of halogens is 1. The van der Waals surface area contributed by atoms with Crippen LogP contribution in [0.25, 0.3) is 0 Å². The van der Waals surface area contributed by atoms with Crippen LogP contribution in [0.15, 0.2) is 22.7 Å². The number of nitrogens with zero attached hydrogens (tertiary/aromatic N) is 1. The first-order valence-corrected chi connectivity index (χ1v) is 6.18. The molecular weight excluding hydrogens is 298 g/mol. The van der Waals surface area contributed by atoms with Crippen molar-refractivity contribution in [3.63, 3.8) is 0 Å². The summed E-state index contributed by atoms with van der Waals surface area (Å²) in [4.78, 5) is 20.5. The average Bonchev–Trinajstić information content (AvgIpc) is 2.19. The van der Waals surface area contributed by atoms with Gasteiger partial charge in [-0.15, -0.1) is 11.8 Å². The molecule has 0 spiro atoms. The molecule has 86 valence electrons. The zero-order chi connectivity index (χ0) is 12.1. The summed E-state index contributed by atoms with van der Waals surface area (Å²) >= 11 is 4.34. The number of nitro benzene ring substituents is 1. The molecule has 0 heterocycles. The second-order valence-corrected chi connectivity index (χ2v) is 4.67. The van der Waals surface area contributed by atoms with E-state index in [0.29, 0.717) is 10.2 Å². The summed E-state index contributed by atoms with van der Waals surface area (Å²) in [6.07, 6.45) is 0. The first-order chi connectivity index (χ1) is 7.52. The SMILES string of the molecule is O=C(O)CSCc1cccc([N+](=O)[O-])c1Br. The van der Waals surface area contributed by atoms with Crippen molar-refractivity contribution in [3.05, 3.63) is 38.3 Å². The van der Waals surface area contributed by atoms with Crippen LogP contribution in [0.5, 0.6) is 0 Å². The number of carboxylic acid groups (broad SMARTS) is 1. The molecule has 7 heteroatoms. The predicted octanol–water partition coefficient (Wildman–Crippen LogP) is 2.68. The summed E-state index contributed by atoms with van der Waals surface area (Å²) in [5.74, 6) is -0.490. The van der Waals surface area contributed by atoms with Gasteiger partial charge in [0, 0.05) is 11.8 Å². The van der Waals surface area contributed by atoms with Crippen LogP contribution in [0.3, 0.4) is 0 Å². The molecule has 0 aromatic heterocycles. The molecule has 0 radical (unpaired) electrons. The molecule has 1 aromatic rings. The molecular formula is C9H8BrNO4S. The Hall–Kier alpha value is -1.08. The van der Waals surface area contributed by atoms with Gasteiger partial charge < -0.3 is 5.11 Å². The Kier molecular flexibility index (Phi) is 4.75. The molecule has 0 aliphatic heterocycles. The Bertz CT molecular complexity index is 424. The Labute approximate surface area is 104 Å². The Morgan fingerprint density at radius 1 is 1.56 bits per heavy atom. The van der Waals surface area contributed by atoms with Crippen LogP contribution in [0, 0.1) is 10.1 Å². The van der Waals surface area contributed by atoms with Gasteiger partial charge in [0.2, 0.25) is 0 Å². The molecule has 0 bridgehead atoms. The highest BCUT2D eigenvalue weighted by Crippen LogP contribution is 2.30. The average molecular weight is 306 g/mol. The van der Waals surface area contributed by atoms with Gasteiger partial charge in [-0.05, 0) is 21.5 Å². The minimum Gasteiger partial charge on any atom is -0.481 e. The van der Waals surface area contributed by atoms with Gasteiger partial charge in [-0.25, -0.2) is 0 Å². The van der Waals surface area contributed by atoms with Crippen molar-refractivity contribution in [3.8, 4) is 0 Å². The van der Waals surface area contributed by atoms with E-state index in [1.807, 2.05) is 0 Å². The lowest BCUT2D eigenvalue weighted by molar-refractivity contribution is -0.385. The van der Waals surface area contributed by atoms with Crippen LogP contribution < -0.4 is 0 Å². The summed E-state index contributed by atoms with van der Waals surface area (Å²) in [6, 6.07) is 4.71. The van der Waals surface area contributed by atoms with E-state index in [4.69, 9.17) is 5.11 Å². The maximum Gasteiger partial charge on any atom is 0.313 e. The van der Waals surface area contributed by atoms with Gasteiger partial charge >= 0.3 is 5.97 Å². The van der Waals surface area contributed by atoms with E-state index in [0.717, 1.165) is 5.56 Å². The van der Waals surface area contributed by atoms with Crippen molar-refractivity contribution < 1.29 is 14.8 Å². The molecule has 1 aromatic carbocycles. The summed E-state index contributed by atoms with van der Waals surface area (Å²) in [5, 5.41) is 19.1. The highest BCUT2D eigenvalue weighted by molar-refractivity contribution is 9.10. The maximum atomic E-state index is 10.6. The zero-order valence-corrected chi connectivity index (χ0v) is 10.5. The highest BCUT2D eigenvalue weighted by Gasteiger charge is 2.14. The van der Waals surface area contributed by atoms with Crippen LogP contribution in [0.4, 0.5) is 5.69 Å². The van der Waals surface area contributed by atoms with E-state index < -0.39 is 10.9 Å². The Balaban J connectivity index is 2.77. The van der Waals surface area contributed by atoms with Gasteiger partial charge in [0.25, 0.3) is 5.69 Å². The fraction of sp³-hybridized carbons (Fsp3) is 0.222. The van der Waals surface area contributed by atoms with Crippen LogP contribution >= 0.6 is 27.7 Å². The molecule has 0 amide bonds. The lowest BCUT2D eigenvalue weighted by atomic mass is 10.2. The van der Waals surface area contributed by atoms with Crippen molar-refractivity contribution in [1.82, 2.24) is 0 Å². The molecule has 0 fully saturated rings. The Morgan fingerprint density at radius 3 is 2.81 bits per heavy atom. The molecule has 0 saturated carbocycles. The second kappa shape index (κ2) is 5.86. The number of hydrogen-bond donors (Lipinski definition) is 1. The van der Waals surface area contributed by atoms with Gasteiger partial charge in [0.15, 0.2) is 0 Å². The molecule has 0 aliphatic carbocycles. The smallest absolute Gasteiger partial charge is 0.313 e. The number of nitro groups is 1. The molecule has 0 saturated heterocycles. The summed E-state index contributed by atoms with van der Waals surface area (Å²) in [7, 11) is 0. The lowest BCUT2D eigenvalue weighted by Crippen LogP contribution is -1.99. The number of benzene rings is 1. The van der Waals surface area contributed by atoms with Crippen LogP contribution in [0.2, 0.25) is 0 Å². The fourth-order valence-corrected chi connectivity index (χ4v) is 2.54. The van der Waals surface area contributed by atoms with E-state index >= 15 is 0 Å². The standard InChI is InChI=1S/C9H8BrNO4S/c10-9-6(4-16-5-8(12)13)2-1-3-7(9)11(14)15/h1-3H,4-5H2,(H,12,13). The zero-order valence-electron chi connectivity index (χ0n) is 8.05. The van der Waals surface area contributed by atoms with Crippen molar-refractivity contribution >= 4 is 39.3 Å². The largest absolute Gasteiger partial charge is 0.481 e. The number of thioether (sulfide) groups is 1. The third-order valence-corrected chi connectivity index (χ3v) is 3.62. The number of hydrogen-bond acceptors (Lipinski definition) is 4. The van der Waals surface area contributed by atoms with Gasteiger partial charge in [-0.3, -0.25) is 14.9 Å². The number of carboxylic acids is 1. The van der Waals surface area contributed by atoms with Crippen molar-refractivity contribution in [2.45, 2.75) is 5.75 Å².